The van der Waals surface area contributed by atoms with E-state index in [9.17, 15) is 0 Å². The Morgan fingerprint density at radius 3 is 2.12 bits per heavy atom. The normalized spacial score (nSPS) is 10.9. The van der Waals surface area contributed by atoms with E-state index in [0.717, 1.165) is 78.1 Å². The van der Waals surface area contributed by atoms with Crippen molar-refractivity contribution >= 4 is 21.8 Å². The number of methoxy groups -OCH3 is 2. The third kappa shape index (κ3) is 5.12. The number of fused-ring (bicyclic) bond motifs is 3. The van der Waals surface area contributed by atoms with Crippen LogP contribution in [0.1, 0.15) is 0 Å². The summed E-state index contributed by atoms with van der Waals surface area (Å²) in [6.45, 7) is 0. The third-order valence-electron chi connectivity index (χ3n) is 7.37. The van der Waals surface area contributed by atoms with Crippen LogP contribution < -0.4 is 14.5 Å². The number of hydrogen-bond acceptors (Lipinski definition) is 3. The molecule has 4 nitrogen and oxygen atoms in total. The largest absolute Gasteiger partial charge is 3.00 e. The van der Waals surface area contributed by atoms with Gasteiger partial charge in [0.25, 0.3) is 0 Å². The minimum atomic E-state index is 0. The molecule has 0 aliphatic carbocycles. The SMILES string of the molecule is COc1c[c-]c(-c2[c-]c(-c3cccc(-c4cccc5c4[n-]c4ccccc45)n3)cc(-c3ccc(OC)cc3)c2)cc1.[Au+3]. The smallest absolute Gasteiger partial charge is 0.656 e. The van der Waals surface area contributed by atoms with Crippen LogP contribution in [0, 0.1) is 12.1 Å². The van der Waals surface area contributed by atoms with Crippen LogP contribution in [0.2, 0.25) is 0 Å². The van der Waals surface area contributed by atoms with Crippen molar-refractivity contribution in [3.63, 3.8) is 0 Å². The van der Waals surface area contributed by atoms with Gasteiger partial charge in [-0.3, -0.25) is 4.98 Å². The molecule has 42 heavy (non-hydrogen) atoms. The molecule has 0 radical (unpaired) electrons. The fourth-order valence-electron chi connectivity index (χ4n) is 5.25. The summed E-state index contributed by atoms with van der Waals surface area (Å²) in [6.07, 6.45) is 0. The molecule has 0 aliphatic rings. The maximum Gasteiger partial charge on any atom is 3.00 e. The van der Waals surface area contributed by atoms with Gasteiger partial charge >= 0.3 is 22.4 Å². The number of nitrogens with zero attached hydrogens (tertiary/aromatic N) is 2. The second-order valence-electron chi connectivity index (χ2n) is 9.81. The first kappa shape index (κ1) is 27.6. The second kappa shape index (κ2) is 11.7. The molecule has 5 aromatic carbocycles. The van der Waals surface area contributed by atoms with Gasteiger partial charge in [-0.2, -0.15) is 29.8 Å². The Hall–Kier alpha value is -4.61. The number of pyridine rings is 1. The van der Waals surface area contributed by atoms with Crippen LogP contribution in [-0.4, -0.2) is 19.2 Å². The first-order valence-electron chi connectivity index (χ1n) is 13.4. The zero-order chi connectivity index (χ0) is 27.8. The molecule has 7 aromatic rings. The Morgan fingerprint density at radius 1 is 0.619 bits per heavy atom. The van der Waals surface area contributed by atoms with Crippen molar-refractivity contribution in [2.24, 2.45) is 0 Å². The van der Waals surface area contributed by atoms with Crippen LogP contribution in [0.3, 0.4) is 0 Å². The summed E-state index contributed by atoms with van der Waals surface area (Å²) < 4.78 is 10.7. The molecule has 0 spiro atoms. The topological polar surface area (TPSA) is 45.5 Å². The van der Waals surface area contributed by atoms with Crippen LogP contribution >= 0.6 is 0 Å². The van der Waals surface area contributed by atoms with Crippen molar-refractivity contribution in [3.05, 3.63) is 127 Å². The van der Waals surface area contributed by atoms with Crippen molar-refractivity contribution in [2.45, 2.75) is 0 Å². The van der Waals surface area contributed by atoms with Gasteiger partial charge in [-0.25, -0.2) is 5.56 Å². The fourth-order valence-corrected chi connectivity index (χ4v) is 5.25. The molecule has 0 N–H and O–H groups in total. The number of hydrogen-bond donors (Lipinski definition) is 0. The van der Waals surface area contributed by atoms with Gasteiger partial charge in [0, 0.05) is 11.4 Å². The first-order valence-corrected chi connectivity index (χ1v) is 13.4. The maximum atomic E-state index is 5.38. The molecule has 0 unspecified atom stereocenters. The number of para-hydroxylation sites is 2. The summed E-state index contributed by atoms with van der Waals surface area (Å²) in [5, 5.41) is 2.29. The van der Waals surface area contributed by atoms with Crippen LogP contribution in [-0.2, 0) is 22.4 Å². The average Bonchev–Trinajstić information content (AvgIpc) is 3.44. The molecular formula is C37H25AuN2O2. The molecule has 2 aromatic heterocycles. The number of ether oxygens (including phenoxy) is 2. The first-order chi connectivity index (χ1) is 20.2. The number of aromatic nitrogens is 2. The van der Waals surface area contributed by atoms with Crippen LogP contribution in [0.5, 0.6) is 11.5 Å². The zero-order valence-electron chi connectivity index (χ0n) is 23.0. The standard InChI is InChI=1S/C37H25N2O2.Au/c1-40-29-17-13-24(14-18-29)26-21-27(25-15-19-30(41-2)20-16-25)23-28(22-26)34-11-6-12-36(38-34)33-9-5-8-32-31-7-3-4-10-35(31)39-37(32)33;/h3-15,17-22H,1-2H3;/q-3;+3. The Morgan fingerprint density at radius 2 is 1.33 bits per heavy atom. The van der Waals surface area contributed by atoms with E-state index in [4.69, 9.17) is 19.4 Å². The maximum absolute atomic E-state index is 5.38. The van der Waals surface area contributed by atoms with Crippen LogP contribution in [0.15, 0.2) is 115 Å². The van der Waals surface area contributed by atoms with Gasteiger partial charge in [0.15, 0.2) is 0 Å². The summed E-state index contributed by atoms with van der Waals surface area (Å²) in [5.74, 6) is 1.58. The van der Waals surface area contributed by atoms with E-state index in [1.165, 1.54) is 0 Å². The van der Waals surface area contributed by atoms with E-state index in [1.807, 2.05) is 54.6 Å². The van der Waals surface area contributed by atoms with Gasteiger partial charge in [0.2, 0.25) is 0 Å². The zero-order valence-corrected chi connectivity index (χ0v) is 25.1. The molecule has 0 fully saturated rings. The molecule has 0 saturated heterocycles. The van der Waals surface area contributed by atoms with Crippen LogP contribution in [0.25, 0.3) is 66.6 Å². The van der Waals surface area contributed by atoms with E-state index in [0.29, 0.717) is 0 Å². The minimum absolute atomic E-state index is 0. The van der Waals surface area contributed by atoms with E-state index in [2.05, 4.69) is 72.8 Å². The second-order valence-corrected chi connectivity index (χ2v) is 9.81. The molecule has 5 heteroatoms. The van der Waals surface area contributed by atoms with E-state index in [-0.39, 0.29) is 22.4 Å². The summed E-state index contributed by atoms with van der Waals surface area (Å²) in [7, 11) is 3.33. The van der Waals surface area contributed by atoms with E-state index >= 15 is 0 Å². The van der Waals surface area contributed by atoms with E-state index in [1.54, 1.807) is 14.2 Å². The van der Waals surface area contributed by atoms with Gasteiger partial charge in [0.1, 0.15) is 5.75 Å². The van der Waals surface area contributed by atoms with Crippen molar-refractivity contribution in [1.29, 1.82) is 0 Å². The molecule has 2 heterocycles. The summed E-state index contributed by atoms with van der Waals surface area (Å²) in [4.78, 5) is 10.1. The predicted molar refractivity (Wildman–Crippen MR) is 165 cm³/mol. The molecule has 0 saturated carbocycles. The monoisotopic (exact) mass is 726 g/mol. The van der Waals surface area contributed by atoms with Crippen LogP contribution in [0.4, 0.5) is 0 Å². The average molecular weight is 727 g/mol. The Balaban J connectivity index is 0.00000316. The molecule has 0 bridgehead atoms. The molecule has 0 amide bonds. The summed E-state index contributed by atoms with van der Waals surface area (Å²) in [6, 6.07) is 45.8. The molecule has 0 atom stereocenters. The number of benzene rings is 5. The molecular weight excluding hydrogens is 701 g/mol. The van der Waals surface area contributed by atoms with Gasteiger partial charge in [0.05, 0.1) is 19.9 Å². The quantitative estimate of drug-likeness (QED) is 0.127. The van der Waals surface area contributed by atoms with E-state index < -0.39 is 0 Å². The third-order valence-corrected chi connectivity index (χ3v) is 7.37. The number of rotatable bonds is 6. The van der Waals surface area contributed by atoms with Crippen molar-refractivity contribution in [1.82, 2.24) is 9.97 Å². The molecule has 0 aliphatic heterocycles. The predicted octanol–water partition coefficient (Wildman–Crippen LogP) is 8.63. The van der Waals surface area contributed by atoms with Crippen molar-refractivity contribution < 1.29 is 31.9 Å². The van der Waals surface area contributed by atoms with Gasteiger partial charge in [-0.05, 0) is 40.1 Å². The minimum Gasteiger partial charge on any atom is -0.656 e. The van der Waals surface area contributed by atoms with Gasteiger partial charge < -0.3 is 14.5 Å². The Bertz CT molecular complexity index is 1950. The van der Waals surface area contributed by atoms with Crippen molar-refractivity contribution in [2.75, 3.05) is 14.2 Å². The molecule has 206 valence electrons. The van der Waals surface area contributed by atoms with Gasteiger partial charge in [-0.15, -0.1) is 34.8 Å². The van der Waals surface area contributed by atoms with Crippen molar-refractivity contribution in [3.8, 4) is 56.3 Å². The fraction of sp³-hybridized carbons (Fsp3) is 0.0541. The Kier molecular flexibility index (Phi) is 7.68. The summed E-state index contributed by atoms with van der Waals surface area (Å²) in [5.41, 5.74) is 9.54. The Labute approximate surface area is 260 Å². The molecule has 7 rings (SSSR count). The summed E-state index contributed by atoms with van der Waals surface area (Å²) >= 11 is 0. The van der Waals surface area contributed by atoms with Gasteiger partial charge in [-0.1, -0.05) is 72.3 Å².